The minimum atomic E-state index is -3.45. The molecule has 112 valence electrons. The van der Waals surface area contributed by atoms with E-state index in [0.717, 1.165) is 19.3 Å². The second-order valence-corrected chi connectivity index (χ2v) is 6.89. The predicted octanol–water partition coefficient (Wildman–Crippen LogP) is 0.564. The lowest BCUT2D eigenvalue weighted by Gasteiger charge is -2.34. The van der Waals surface area contributed by atoms with Crippen LogP contribution in [0.2, 0.25) is 0 Å². The van der Waals surface area contributed by atoms with E-state index in [1.54, 1.807) is 0 Å². The highest BCUT2D eigenvalue weighted by Crippen LogP contribution is 2.18. The van der Waals surface area contributed by atoms with Crippen LogP contribution in [0.4, 0.5) is 0 Å². The molecular formula is C11H24N4O3S. The molecule has 0 saturated carbocycles. The smallest absolute Gasteiger partial charge is 0.282 e. The van der Waals surface area contributed by atoms with Gasteiger partial charge < -0.3 is 10.9 Å². The van der Waals surface area contributed by atoms with Gasteiger partial charge in [-0.1, -0.05) is 11.6 Å². The summed E-state index contributed by atoms with van der Waals surface area (Å²) in [5, 5.41) is 11.4. The Morgan fingerprint density at radius 2 is 1.95 bits per heavy atom. The molecule has 1 aliphatic heterocycles. The summed E-state index contributed by atoms with van der Waals surface area (Å²) in [7, 11) is -3.45. The second-order valence-electron chi connectivity index (χ2n) is 5.01. The van der Waals surface area contributed by atoms with Crippen molar-refractivity contribution in [1.82, 2.24) is 8.61 Å². The van der Waals surface area contributed by atoms with Crippen LogP contribution in [0.3, 0.4) is 0 Å². The predicted molar refractivity (Wildman–Crippen MR) is 74.2 cm³/mol. The van der Waals surface area contributed by atoms with Crippen molar-refractivity contribution in [3.05, 3.63) is 0 Å². The van der Waals surface area contributed by atoms with Gasteiger partial charge in [0.05, 0.1) is 0 Å². The zero-order chi connectivity index (χ0) is 14.5. The van der Waals surface area contributed by atoms with Gasteiger partial charge in [0.1, 0.15) is 5.84 Å². The highest BCUT2D eigenvalue weighted by Gasteiger charge is 2.32. The average molecular weight is 292 g/mol. The third kappa shape index (κ3) is 4.32. The Hall–Kier alpha value is -0.860. The van der Waals surface area contributed by atoms with Crippen molar-refractivity contribution in [2.24, 2.45) is 10.9 Å². The van der Waals surface area contributed by atoms with Crippen molar-refractivity contribution < 1.29 is 13.6 Å². The lowest BCUT2D eigenvalue weighted by atomic mass is 10.2. The molecule has 1 aliphatic rings. The van der Waals surface area contributed by atoms with E-state index in [-0.39, 0.29) is 24.8 Å². The third-order valence-corrected chi connectivity index (χ3v) is 5.45. The third-order valence-electron chi connectivity index (χ3n) is 3.23. The van der Waals surface area contributed by atoms with Gasteiger partial charge in [-0.15, -0.1) is 0 Å². The summed E-state index contributed by atoms with van der Waals surface area (Å²) < 4.78 is 28.0. The molecule has 0 amide bonds. The van der Waals surface area contributed by atoms with Crippen LogP contribution in [0.5, 0.6) is 0 Å². The minimum Gasteiger partial charge on any atom is -0.409 e. The Balaban J connectivity index is 2.78. The Morgan fingerprint density at radius 1 is 1.37 bits per heavy atom. The highest BCUT2D eigenvalue weighted by atomic mass is 32.2. The van der Waals surface area contributed by atoms with Crippen LogP contribution in [0.25, 0.3) is 0 Å². The van der Waals surface area contributed by atoms with Crippen LogP contribution in [-0.2, 0) is 10.2 Å². The molecule has 3 N–H and O–H groups in total. The van der Waals surface area contributed by atoms with Gasteiger partial charge in [-0.3, -0.25) is 0 Å². The topological polar surface area (TPSA) is 99.2 Å². The molecule has 0 radical (unpaired) electrons. The number of nitrogens with two attached hydrogens (primary N) is 1. The van der Waals surface area contributed by atoms with Crippen LogP contribution in [0.15, 0.2) is 5.16 Å². The lowest BCUT2D eigenvalue weighted by Crippen LogP contribution is -2.49. The first kappa shape index (κ1) is 16.2. The number of nitrogens with zero attached hydrogens (tertiary/aromatic N) is 3. The normalized spacial score (nSPS) is 19.3. The van der Waals surface area contributed by atoms with Crippen molar-refractivity contribution in [2.45, 2.75) is 45.6 Å². The van der Waals surface area contributed by atoms with Gasteiger partial charge >= 0.3 is 0 Å². The highest BCUT2D eigenvalue weighted by molar-refractivity contribution is 7.86. The molecule has 7 nitrogen and oxygen atoms in total. The van der Waals surface area contributed by atoms with E-state index in [1.165, 1.54) is 8.61 Å². The molecule has 1 rings (SSSR count). The van der Waals surface area contributed by atoms with Crippen LogP contribution < -0.4 is 5.73 Å². The molecule has 0 bridgehead atoms. The SMILES string of the molecule is CC(C)N(CC/C(N)=N/O)S(=O)(=O)N1CCCCC1. The van der Waals surface area contributed by atoms with Crippen molar-refractivity contribution in [2.75, 3.05) is 19.6 Å². The van der Waals surface area contributed by atoms with E-state index in [2.05, 4.69) is 5.16 Å². The Kier molecular flexibility index (Phi) is 6.02. The number of hydrogen-bond donors (Lipinski definition) is 2. The number of hydrogen-bond acceptors (Lipinski definition) is 4. The molecule has 0 unspecified atom stereocenters. The van der Waals surface area contributed by atoms with E-state index in [9.17, 15) is 8.42 Å². The zero-order valence-corrected chi connectivity index (χ0v) is 12.4. The second kappa shape index (κ2) is 7.06. The summed E-state index contributed by atoms with van der Waals surface area (Å²) in [4.78, 5) is 0. The molecule has 0 aromatic heterocycles. The summed E-state index contributed by atoms with van der Waals surface area (Å²) in [5.41, 5.74) is 5.41. The first-order valence-electron chi connectivity index (χ1n) is 6.63. The monoisotopic (exact) mass is 292 g/mol. The summed E-state index contributed by atoms with van der Waals surface area (Å²) >= 11 is 0. The fraction of sp³-hybridized carbons (Fsp3) is 0.909. The fourth-order valence-electron chi connectivity index (χ4n) is 2.16. The summed E-state index contributed by atoms with van der Waals surface area (Å²) in [6, 6.07) is -0.154. The molecule has 1 heterocycles. The van der Waals surface area contributed by atoms with Gasteiger partial charge in [0.25, 0.3) is 10.2 Å². The summed E-state index contributed by atoms with van der Waals surface area (Å²) in [5.74, 6) is 0.0412. The molecule has 0 aromatic carbocycles. The van der Waals surface area contributed by atoms with Crippen molar-refractivity contribution in [1.29, 1.82) is 0 Å². The minimum absolute atomic E-state index is 0.0412. The van der Waals surface area contributed by atoms with Crippen LogP contribution in [0.1, 0.15) is 39.5 Å². The average Bonchev–Trinajstić information content (AvgIpc) is 2.39. The van der Waals surface area contributed by atoms with Gasteiger partial charge in [0.2, 0.25) is 0 Å². The maximum atomic E-state index is 12.5. The van der Waals surface area contributed by atoms with Crippen LogP contribution in [0, 0.1) is 0 Å². The van der Waals surface area contributed by atoms with Gasteiger partial charge in [0, 0.05) is 32.1 Å². The fourth-order valence-corrected chi connectivity index (χ4v) is 4.03. The van der Waals surface area contributed by atoms with E-state index in [1.807, 2.05) is 13.8 Å². The van der Waals surface area contributed by atoms with Gasteiger partial charge in [0.15, 0.2) is 0 Å². The Morgan fingerprint density at radius 3 is 2.42 bits per heavy atom. The zero-order valence-electron chi connectivity index (χ0n) is 11.6. The number of rotatable bonds is 6. The molecule has 1 saturated heterocycles. The molecule has 0 aromatic rings. The van der Waals surface area contributed by atoms with E-state index >= 15 is 0 Å². The maximum absolute atomic E-state index is 12.5. The van der Waals surface area contributed by atoms with E-state index in [0.29, 0.717) is 13.1 Å². The molecule has 0 atom stereocenters. The molecule has 0 spiro atoms. The molecule has 8 heteroatoms. The Labute approximate surface area is 115 Å². The summed E-state index contributed by atoms with van der Waals surface area (Å²) in [6.07, 6.45) is 3.12. The maximum Gasteiger partial charge on any atom is 0.282 e. The van der Waals surface area contributed by atoms with E-state index in [4.69, 9.17) is 10.9 Å². The largest absolute Gasteiger partial charge is 0.409 e. The van der Waals surface area contributed by atoms with E-state index < -0.39 is 10.2 Å². The molecule has 19 heavy (non-hydrogen) atoms. The van der Waals surface area contributed by atoms with Crippen molar-refractivity contribution >= 4 is 16.0 Å². The first-order valence-corrected chi connectivity index (χ1v) is 8.02. The number of amidine groups is 1. The number of oxime groups is 1. The first-order chi connectivity index (χ1) is 8.89. The molecular weight excluding hydrogens is 268 g/mol. The van der Waals surface area contributed by atoms with Crippen LogP contribution in [-0.4, -0.2) is 53.7 Å². The standard InChI is InChI=1S/C11H24N4O3S/c1-10(2)15(9-6-11(12)13-16)19(17,18)14-7-4-3-5-8-14/h10,16H,3-9H2,1-2H3,(H2,12,13). The lowest BCUT2D eigenvalue weighted by molar-refractivity contribution is 0.282. The van der Waals surface area contributed by atoms with Gasteiger partial charge in [-0.25, -0.2) is 0 Å². The molecule has 0 aliphatic carbocycles. The van der Waals surface area contributed by atoms with Crippen molar-refractivity contribution in [3.63, 3.8) is 0 Å². The summed E-state index contributed by atoms with van der Waals surface area (Å²) in [6.45, 7) is 5.04. The molecule has 1 fully saturated rings. The van der Waals surface area contributed by atoms with Crippen LogP contribution >= 0.6 is 0 Å². The quantitative estimate of drug-likeness (QED) is 0.323. The Bertz CT molecular complexity index is 402. The van der Waals surface area contributed by atoms with Gasteiger partial charge in [-0.2, -0.15) is 17.0 Å². The van der Waals surface area contributed by atoms with Crippen molar-refractivity contribution in [3.8, 4) is 0 Å². The number of piperidine rings is 1. The van der Waals surface area contributed by atoms with Gasteiger partial charge in [-0.05, 0) is 26.7 Å².